The number of aryl methyl sites for hydroxylation is 1. The Labute approximate surface area is 731 Å². The predicted molar refractivity (Wildman–Crippen MR) is 445 cm³/mol. The molecule has 53 heteroatoms. The fourth-order valence-electron chi connectivity index (χ4n) is 13.1. The largest absolute Gasteiger partial charge is 0.508 e. The van der Waals surface area contributed by atoms with Crippen molar-refractivity contribution in [2.75, 3.05) is 158 Å². The number of carboxylic acids is 1. The lowest BCUT2D eigenvalue weighted by atomic mass is 9.89. The van der Waals surface area contributed by atoms with E-state index in [1.165, 1.54) is 73.9 Å². The number of phosphoric ester groups is 4. The number of aromatic nitrogens is 6. The molecule has 1 aliphatic carbocycles. The third-order valence-electron chi connectivity index (χ3n) is 19.4. The number of aliphatic hydroxyl groups excluding tert-OH is 2. The summed E-state index contributed by atoms with van der Waals surface area (Å²) < 4.78 is 157. The van der Waals surface area contributed by atoms with Crippen LogP contribution in [0.4, 0.5) is 5.82 Å². The number of aromatic carboxylic acids is 1. The maximum atomic E-state index is 13.5. The van der Waals surface area contributed by atoms with Crippen molar-refractivity contribution in [2.24, 2.45) is 0 Å². The number of nitrogens with two attached hydrogens (primary N) is 1. The number of aliphatic hydroxyl groups is 2. The number of amides is 2. The van der Waals surface area contributed by atoms with Gasteiger partial charge in [-0.25, -0.2) is 37.4 Å². The molecule has 13 atom stereocenters. The average Bonchev–Trinajstić information content (AvgIpc) is 1.73. The van der Waals surface area contributed by atoms with Crippen molar-refractivity contribution in [3.63, 3.8) is 0 Å². The number of hydrogen-bond acceptors (Lipinski definition) is 37. The lowest BCUT2D eigenvalue weighted by molar-refractivity contribution is -0.116. The number of benzene rings is 3. The summed E-state index contributed by atoms with van der Waals surface area (Å²) in [5.74, 6) is -2.43. The quantitative estimate of drug-likeness (QED) is 0.0112. The zero-order valence-corrected chi connectivity index (χ0v) is 72.9. The maximum Gasteiger partial charge on any atom is 0.472 e. The number of H-pyrrole nitrogens is 2. The first kappa shape index (κ1) is 102. The molecular formula is C76H101N9O40P4. The van der Waals surface area contributed by atoms with Crippen molar-refractivity contribution in [1.82, 2.24) is 39.3 Å². The minimum absolute atomic E-state index is 0.0132. The molecule has 0 saturated carbocycles. The topological polar surface area (TPSA) is 672 Å². The third-order valence-corrected chi connectivity index (χ3v) is 23.4. The number of carboxylic acid groups (broad SMARTS) is 1. The molecule has 5 aliphatic rings. The number of rotatable bonds is 57. The van der Waals surface area contributed by atoms with E-state index in [1.807, 2.05) is 0 Å². The van der Waals surface area contributed by atoms with Crippen LogP contribution >= 0.6 is 31.3 Å². The van der Waals surface area contributed by atoms with Gasteiger partial charge in [-0.15, -0.1) is 0 Å². The van der Waals surface area contributed by atoms with E-state index < -0.39 is 179 Å². The van der Waals surface area contributed by atoms with Crippen LogP contribution in [0.5, 0.6) is 5.75 Å². The molecule has 7 heterocycles. The summed E-state index contributed by atoms with van der Waals surface area (Å²) in [6.07, 6.45) is -3.69. The van der Waals surface area contributed by atoms with Crippen LogP contribution in [0.2, 0.25) is 0 Å². The second-order valence-electron chi connectivity index (χ2n) is 28.7. The Hall–Kier alpha value is -8.92. The van der Waals surface area contributed by atoms with Gasteiger partial charge >= 0.3 is 54.3 Å². The third kappa shape index (κ3) is 31.9. The molecule has 3 fully saturated rings. The van der Waals surface area contributed by atoms with Gasteiger partial charge in [0.05, 0.1) is 156 Å². The highest BCUT2D eigenvalue weighted by molar-refractivity contribution is 7.48. The van der Waals surface area contributed by atoms with Crippen LogP contribution in [-0.2, 0) is 107 Å². The van der Waals surface area contributed by atoms with Crippen LogP contribution in [0.15, 0.2) is 119 Å². The fourth-order valence-corrected chi connectivity index (χ4v) is 16.4. The first-order valence-electron chi connectivity index (χ1n) is 40.3. The van der Waals surface area contributed by atoms with Crippen molar-refractivity contribution in [3.8, 4) is 28.2 Å². The summed E-state index contributed by atoms with van der Waals surface area (Å²) in [4.78, 5) is 164. The Morgan fingerprint density at radius 2 is 1.05 bits per heavy atom. The van der Waals surface area contributed by atoms with E-state index in [4.69, 9.17) is 93.7 Å². The second-order valence-corrected chi connectivity index (χ2v) is 34.4. The Morgan fingerprint density at radius 3 is 1.60 bits per heavy atom. The summed E-state index contributed by atoms with van der Waals surface area (Å²) in [7, 11) is -19.4. The zero-order valence-electron chi connectivity index (χ0n) is 69.4. The SMILES string of the molecule is Cc1cn([C@H]2C[C@@H](OP(=O)(O)OCCOCCOCCOCCOCCOCCOP(=O)(O)OC[C@H]3O[C@@H](n4cc(C=CC(=O)NCCCCCCNC(=O)c5ccc(C(=O)O)c(-c6c7ccc(=O)cc-7oc7cc(O)ccc67)c5)c(=O)[nH]c4=O)C[C@H]3OP(=O)(O)OCCOCCOCCOP(=O)(O)OC[C@H]3O[C@@H](n4ccc(N)nc4=O)C[C@H]3O)[C@@H](CO)O2)c(=O)[nH]c1=O. The van der Waals surface area contributed by atoms with E-state index in [0.29, 0.717) is 42.2 Å². The first-order valence-corrected chi connectivity index (χ1v) is 46.3. The molecule has 0 spiro atoms. The van der Waals surface area contributed by atoms with E-state index in [2.05, 4.69) is 25.6 Å². The van der Waals surface area contributed by atoms with Gasteiger partial charge < -0.3 is 108 Å². The van der Waals surface area contributed by atoms with E-state index in [-0.39, 0.29) is 181 Å². The summed E-state index contributed by atoms with van der Waals surface area (Å²) in [5.41, 5.74) is 2.17. The number of nitrogen functional groups attached to an aromatic ring is 1. The number of phenols is 1. The van der Waals surface area contributed by atoms with Crippen LogP contribution in [0, 0.1) is 6.92 Å². The van der Waals surface area contributed by atoms with E-state index in [1.54, 1.807) is 6.07 Å². The summed E-state index contributed by atoms with van der Waals surface area (Å²) >= 11 is 0. The Bertz CT molecular complexity index is 5490. The number of nitrogens with zero attached hydrogens (tertiary/aromatic N) is 4. The van der Waals surface area contributed by atoms with Crippen LogP contribution in [-0.4, -0.2) is 275 Å². The lowest BCUT2D eigenvalue weighted by Crippen LogP contribution is -2.33. The molecule has 129 heavy (non-hydrogen) atoms. The van der Waals surface area contributed by atoms with E-state index in [9.17, 15) is 101 Å². The number of aromatic amines is 2. The molecule has 5 aromatic rings. The van der Waals surface area contributed by atoms with Gasteiger partial charge in [-0.05, 0) is 79.9 Å². The van der Waals surface area contributed by atoms with Gasteiger partial charge in [0.2, 0.25) is 5.91 Å². The van der Waals surface area contributed by atoms with Crippen molar-refractivity contribution in [2.45, 2.75) is 107 Å². The van der Waals surface area contributed by atoms with Crippen LogP contribution in [0.1, 0.15) is 95.5 Å². The number of phenolic OH excluding ortho intramolecular Hbond substituents is 1. The van der Waals surface area contributed by atoms with Crippen molar-refractivity contribution < 1.29 is 161 Å². The molecule has 3 aromatic heterocycles. The van der Waals surface area contributed by atoms with Crippen molar-refractivity contribution >= 4 is 71.9 Å². The number of anilines is 1. The van der Waals surface area contributed by atoms with Gasteiger partial charge in [0.1, 0.15) is 72.1 Å². The highest BCUT2D eigenvalue weighted by Crippen LogP contribution is 2.52. The monoisotopic (exact) mass is 1900 g/mol. The number of aromatic hydroxyl groups is 1. The van der Waals surface area contributed by atoms with Gasteiger partial charge in [0, 0.05) is 96.8 Å². The number of ether oxygens (including phenoxy) is 10. The number of hydrogen-bond donors (Lipinski definition) is 13. The Morgan fingerprint density at radius 1 is 0.558 bits per heavy atom. The molecule has 0 bridgehead atoms. The summed E-state index contributed by atoms with van der Waals surface area (Å²) in [5, 5.41) is 46.6. The Balaban J connectivity index is 0.619. The highest BCUT2D eigenvalue weighted by atomic mass is 31.2. The van der Waals surface area contributed by atoms with Crippen LogP contribution < -0.4 is 50.0 Å². The highest BCUT2D eigenvalue weighted by Gasteiger charge is 2.45. The molecule has 710 valence electrons. The number of carbonyl (C=O) groups is 3. The molecule has 0 radical (unpaired) electrons. The summed E-state index contributed by atoms with van der Waals surface area (Å²) in [6, 6.07) is 13.8. The molecule has 49 nitrogen and oxygen atoms in total. The molecule has 14 N–H and O–H groups in total. The number of nitrogens with one attached hydrogen (secondary N) is 4. The number of fused-ring (bicyclic) bond motifs is 2. The molecule has 2 amide bonds. The van der Waals surface area contributed by atoms with Gasteiger partial charge in [-0.2, -0.15) is 4.98 Å². The van der Waals surface area contributed by atoms with Crippen molar-refractivity contribution in [3.05, 3.63) is 170 Å². The molecule has 2 aromatic carbocycles. The average molecular weight is 1900 g/mol. The van der Waals surface area contributed by atoms with Crippen LogP contribution in [0.3, 0.4) is 0 Å². The predicted octanol–water partition coefficient (Wildman–Crippen LogP) is 2.24. The minimum atomic E-state index is -5.11. The summed E-state index contributed by atoms with van der Waals surface area (Å²) in [6.45, 7) is -2.17. The van der Waals surface area contributed by atoms with Gasteiger partial charge in [-0.1, -0.05) is 12.8 Å². The number of phosphoric acid groups is 4. The van der Waals surface area contributed by atoms with Crippen LogP contribution in [0.25, 0.3) is 39.5 Å². The minimum Gasteiger partial charge on any atom is -0.508 e. The van der Waals surface area contributed by atoms with Gasteiger partial charge in [0.15, 0.2) is 5.43 Å². The maximum absolute atomic E-state index is 13.5. The first-order chi connectivity index (χ1) is 61.6. The smallest absolute Gasteiger partial charge is 0.472 e. The van der Waals surface area contributed by atoms with E-state index >= 15 is 0 Å². The Kier molecular flexibility index (Phi) is 39.2. The molecule has 4 aliphatic heterocycles. The normalized spacial score (nSPS) is 20.7. The molecular weight excluding hydrogens is 1800 g/mol. The van der Waals surface area contributed by atoms with E-state index in [0.717, 1.165) is 32.1 Å². The lowest BCUT2D eigenvalue weighted by Gasteiger charge is -2.22. The fraction of sp³-hybridized carbons (Fsp3) is 0.526. The van der Waals surface area contributed by atoms with Gasteiger partial charge in [-0.3, -0.25) is 83.8 Å². The van der Waals surface area contributed by atoms with Gasteiger partial charge in [0.25, 0.3) is 17.0 Å². The second kappa shape index (κ2) is 49.5. The number of unbranched alkanes of at least 4 members (excludes halogenated alkanes) is 3. The number of carbonyl (C=O) groups excluding carboxylic acids is 2. The molecule has 4 unspecified atom stereocenters. The molecule has 10 rings (SSSR count). The van der Waals surface area contributed by atoms with Crippen molar-refractivity contribution in [1.29, 1.82) is 0 Å². The standard InChI is InChI=1S/C76H101N9O40P4/c1-47-42-84(75(97)81-70(47)91)67-40-59(61(44-86)121-67)124-128(103,104)116-34-30-112-25-23-109-21-19-107-18-20-108-22-24-110-29-33-115-127(101,102)119-46-63-60(125-129(105,106)117-35-31-113-27-26-111-28-32-114-126(99,100)118-45-62-56(89)39-66(122-62)83-17-14-64(77)80-74(83)96)41-68(123-63)85-43-49(72(93)82-76(85)98)7-13-65(90)78-15-4-2-3-5-16-79-71(92)48-6-10-52(73(94)95)55(36-48)69-53-11-8-50(87)37-57(53)120-58-38-51(88)9-12-54(58)69/h6-14,17,36-38,42-43,56,59-63,66-68,86-87,89H,2-5,15-16,18-35,39-41,44-46H2,1H3,(H,78,90)(H,79,92)(H,94,95)(H,99,100)(H,101,102)(H,103,104)(H,105,106)(H2,77,80,96)(H,81,91,97)(H,82,93,98)/t56-,59-,60-,61-,62-,63-,66-,67-,68-/m1/s1. The molecule has 3 saturated heterocycles. The zero-order chi connectivity index (χ0) is 92.8.